The number of hydrogen-bond donors (Lipinski definition) is 0. The molecule has 3 rings (SSSR count). The summed E-state index contributed by atoms with van der Waals surface area (Å²) in [6.45, 7) is 6.55. The third kappa shape index (κ3) is 4.22. The van der Waals surface area contributed by atoms with Crippen molar-refractivity contribution in [1.82, 2.24) is 4.90 Å². The van der Waals surface area contributed by atoms with Gasteiger partial charge in [0.05, 0.1) is 18.6 Å². The van der Waals surface area contributed by atoms with Crippen LogP contribution < -0.4 is 0 Å². The van der Waals surface area contributed by atoms with Crippen molar-refractivity contribution < 1.29 is 19.1 Å². The molecule has 0 aromatic heterocycles. The molecule has 138 valence electrons. The molecule has 26 heavy (non-hydrogen) atoms. The predicted octanol–water partition coefficient (Wildman–Crippen LogP) is 2.95. The van der Waals surface area contributed by atoms with Gasteiger partial charge in [0, 0.05) is 13.1 Å². The van der Waals surface area contributed by atoms with E-state index in [1.54, 1.807) is 11.8 Å². The first-order valence-corrected chi connectivity index (χ1v) is 9.04. The van der Waals surface area contributed by atoms with Gasteiger partial charge in [-0.3, -0.25) is 9.59 Å². The van der Waals surface area contributed by atoms with E-state index in [0.29, 0.717) is 13.1 Å². The van der Waals surface area contributed by atoms with Crippen molar-refractivity contribution in [3.63, 3.8) is 0 Å². The highest BCUT2D eigenvalue weighted by atomic mass is 16.5. The molecule has 5 heteroatoms. The van der Waals surface area contributed by atoms with Gasteiger partial charge in [-0.15, -0.1) is 0 Å². The normalized spacial score (nSPS) is 21.4. The molecule has 3 unspecified atom stereocenters. The summed E-state index contributed by atoms with van der Waals surface area (Å²) in [6, 6.07) is 13.8. The maximum absolute atomic E-state index is 12.6. The fourth-order valence-electron chi connectivity index (χ4n) is 3.51. The second-order valence-corrected chi connectivity index (χ2v) is 6.95. The van der Waals surface area contributed by atoms with Gasteiger partial charge < -0.3 is 14.4 Å². The first-order chi connectivity index (χ1) is 12.4. The maximum atomic E-state index is 12.6. The Bertz CT molecular complexity index is 788. The topological polar surface area (TPSA) is 55.8 Å². The summed E-state index contributed by atoms with van der Waals surface area (Å²) < 4.78 is 11.1. The molecule has 1 saturated heterocycles. The molecule has 0 N–H and O–H groups in total. The summed E-state index contributed by atoms with van der Waals surface area (Å²) in [5.41, 5.74) is 0.904. The van der Waals surface area contributed by atoms with Crippen LogP contribution in [0.2, 0.25) is 0 Å². The highest BCUT2D eigenvalue weighted by Gasteiger charge is 2.30. The van der Waals surface area contributed by atoms with Crippen LogP contribution in [0.5, 0.6) is 0 Å². The fourth-order valence-corrected chi connectivity index (χ4v) is 3.51. The minimum atomic E-state index is -0.796. The first kappa shape index (κ1) is 18.4. The molecule has 0 spiro atoms. The molecule has 5 nitrogen and oxygen atoms in total. The van der Waals surface area contributed by atoms with Crippen molar-refractivity contribution in [3.05, 3.63) is 48.0 Å². The number of fused-ring (bicyclic) bond motifs is 1. The molecule has 1 heterocycles. The largest absolute Gasteiger partial charge is 0.452 e. The van der Waals surface area contributed by atoms with Crippen LogP contribution in [0.15, 0.2) is 42.5 Å². The zero-order valence-electron chi connectivity index (χ0n) is 15.5. The molecule has 1 aliphatic rings. The number of benzene rings is 2. The Morgan fingerprint density at radius 1 is 1.12 bits per heavy atom. The number of carbonyl (C=O) groups is 2. The number of morpholine rings is 1. The van der Waals surface area contributed by atoms with Crippen LogP contribution in [0.1, 0.15) is 26.3 Å². The summed E-state index contributed by atoms with van der Waals surface area (Å²) in [4.78, 5) is 26.7. The average Bonchev–Trinajstić information content (AvgIpc) is 2.60. The summed E-state index contributed by atoms with van der Waals surface area (Å²) in [5, 5.41) is 2.11. The Hall–Kier alpha value is -2.40. The lowest BCUT2D eigenvalue weighted by atomic mass is 10.0. The summed E-state index contributed by atoms with van der Waals surface area (Å²) in [7, 11) is 0. The van der Waals surface area contributed by atoms with Crippen molar-refractivity contribution in [2.45, 2.75) is 45.5 Å². The van der Waals surface area contributed by atoms with Gasteiger partial charge in [0.2, 0.25) is 0 Å². The van der Waals surface area contributed by atoms with Crippen LogP contribution in [0.4, 0.5) is 0 Å². The Balaban J connectivity index is 1.63. The van der Waals surface area contributed by atoms with Gasteiger partial charge in [0.15, 0.2) is 6.10 Å². The van der Waals surface area contributed by atoms with Gasteiger partial charge in [0.1, 0.15) is 0 Å². The van der Waals surface area contributed by atoms with Crippen molar-refractivity contribution in [3.8, 4) is 0 Å². The second kappa shape index (κ2) is 7.87. The van der Waals surface area contributed by atoms with Crippen LogP contribution in [0.3, 0.4) is 0 Å². The van der Waals surface area contributed by atoms with E-state index in [9.17, 15) is 9.59 Å². The number of carbonyl (C=O) groups excluding carboxylic acids is 2. The fraction of sp³-hybridized carbons (Fsp3) is 0.429. The van der Waals surface area contributed by atoms with E-state index in [0.717, 1.165) is 16.3 Å². The summed E-state index contributed by atoms with van der Waals surface area (Å²) >= 11 is 0. The first-order valence-electron chi connectivity index (χ1n) is 9.04. The van der Waals surface area contributed by atoms with Gasteiger partial charge in [-0.25, -0.2) is 0 Å². The summed E-state index contributed by atoms with van der Waals surface area (Å²) in [5.74, 6) is -0.560. The van der Waals surface area contributed by atoms with E-state index in [1.807, 2.05) is 56.3 Å². The molecule has 2 aromatic carbocycles. The number of amides is 1. The lowest BCUT2D eigenvalue weighted by molar-refractivity contribution is -0.164. The van der Waals surface area contributed by atoms with Gasteiger partial charge in [-0.05, 0) is 37.1 Å². The van der Waals surface area contributed by atoms with Crippen LogP contribution >= 0.6 is 0 Å². The Kier molecular flexibility index (Phi) is 5.57. The third-order valence-corrected chi connectivity index (χ3v) is 4.60. The zero-order chi connectivity index (χ0) is 18.7. The number of hydrogen-bond acceptors (Lipinski definition) is 4. The molecule has 0 radical (unpaired) electrons. The number of esters is 1. The lowest BCUT2D eigenvalue weighted by Crippen LogP contribution is -2.51. The van der Waals surface area contributed by atoms with Gasteiger partial charge in [0.25, 0.3) is 5.91 Å². The van der Waals surface area contributed by atoms with Crippen LogP contribution in [-0.4, -0.2) is 48.2 Å². The third-order valence-electron chi connectivity index (χ3n) is 4.60. The van der Waals surface area contributed by atoms with E-state index >= 15 is 0 Å². The highest BCUT2D eigenvalue weighted by Crippen LogP contribution is 2.19. The van der Waals surface area contributed by atoms with Gasteiger partial charge >= 0.3 is 5.97 Å². The van der Waals surface area contributed by atoms with E-state index < -0.39 is 12.1 Å². The molecule has 1 amide bonds. The SMILES string of the molecule is CC1CN(C(=O)C(C)OC(=O)Cc2cccc3ccccc23)CC(C)O1. The van der Waals surface area contributed by atoms with Gasteiger partial charge in [-0.1, -0.05) is 42.5 Å². The predicted molar refractivity (Wildman–Crippen MR) is 99.8 cm³/mol. The highest BCUT2D eigenvalue weighted by molar-refractivity contribution is 5.90. The molecular formula is C21H25NO4. The van der Waals surface area contributed by atoms with Crippen LogP contribution in [-0.2, 0) is 25.5 Å². The number of ether oxygens (including phenoxy) is 2. The smallest absolute Gasteiger partial charge is 0.311 e. The number of nitrogens with zero attached hydrogens (tertiary/aromatic N) is 1. The molecule has 0 bridgehead atoms. The van der Waals surface area contributed by atoms with Crippen molar-refractivity contribution >= 4 is 22.6 Å². The zero-order valence-corrected chi connectivity index (χ0v) is 15.5. The van der Waals surface area contributed by atoms with Crippen LogP contribution in [0.25, 0.3) is 10.8 Å². The van der Waals surface area contributed by atoms with Crippen molar-refractivity contribution in [2.24, 2.45) is 0 Å². The molecular weight excluding hydrogens is 330 g/mol. The Labute approximate surface area is 153 Å². The standard InChI is InChI=1S/C21H25NO4/c1-14-12-22(13-15(2)25-14)21(24)16(3)26-20(23)11-18-9-6-8-17-7-4-5-10-19(17)18/h4-10,14-16H,11-13H2,1-3H3. The number of rotatable bonds is 4. The Morgan fingerprint density at radius 2 is 1.77 bits per heavy atom. The van der Waals surface area contributed by atoms with Crippen molar-refractivity contribution in [1.29, 1.82) is 0 Å². The molecule has 0 saturated carbocycles. The van der Waals surface area contributed by atoms with Gasteiger partial charge in [-0.2, -0.15) is 0 Å². The maximum Gasteiger partial charge on any atom is 0.311 e. The minimum Gasteiger partial charge on any atom is -0.452 e. The van der Waals surface area contributed by atoms with E-state index in [-0.39, 0.29) is 24.5 Å². The van der Waals surface area contributed by atoms with E-state index in [4.69, 9.17) is 9.47 Å². The molecule has 1 fully saturated rings. The monoisotopic (exact) mass is 355 g/mol. The minimum absolute atomic E-state index is 0.0127. The van der Waals surface area contributed by atoms with E-state index in [1.165, 1.54) is 0 Å². The average molecular weight is 355 g/mol. The molecule has 1 aliphatic heterocycles. The van der Waals surface area contributed by atoms with Crippen LogP contribution in [0, 0.1) is 0 Å². The molecule has 0 aliphatic carbocycles. The molecule has 3 atom stereocenters. The molecule has 2 aromatic rings. The Morgan fingerprint density at radius 3 is 2.50 bits per heavy atom. The second-order valence-electron chi connectivity index (χ2n) is 6.95. The van der Waals surface area contributed by atoms with Crippen molar-refractivity contribution in [2.75, 3.05) is 13.1 Å². The summed E-state index contributed by atoms with van der Waals surface area (Å²) in [6.07, 6.45) is -0.674. The van der Waals surface area contributed by atoms with E-state index in [2.05, 4.69) is 0 Å². The lowest BCUT2D eigenvalue weighted by Gasteiger charge is -2.36. The quantitative estimate of drug-likeness (QED) is 0.792.